The Morgan fingerprint density at radius 2 is 1.00 bits per heavy atom. The van der Waals surface area contributed by atoms with E-state index in [-0.39, 0.29) is 46.8 Å². The van der Waals surface area contributed by atoms with Crippen molar-refractivity contribution in [3.63, 3.8) is 0 Å². The molecule has 0 aromatic heterocycles. The third-order valence-corrected chi connectivity index (χ3v) is 19.7. The van der Waals surface area contributed by atoms with Crippen molar-refractivity contribution in [2.24, 2.45) is 80.8 Å². The third-order valence-electron chi connectivity index (χ3n) is 19.7. The first-order valence-corrected chi connectivity index (χ1v) is 22.3. The summed E-state index contributed by atoms with van der Waals surface area (Å²) in [7, 11) is 0. The van der Waals surface area contributed by atoms with E-state index < -0.39 is 35.2 Å². The third kappa shape index (κ3) is 6.23. The van der Waals surface area contributed by atoms with Gasteiger partial charge in [0, 0.05) is 22.7 Å². The molecule has 310 valence electrons. The standard InChI is InChI=1S/C24H36O6.C22H36O3/c1-14-6-9-22(2)15(12-14)4-5-17-16(22)7-10-23(3)18(8-11-24(17,23)29)19(25)13-30-21(28)20(26)27;1-14-6-9-20(2)15(12-14)4-5-17-16(20)7-10-21(3)18(19(24)13-23)8-11-22(17,21)25/h14-18,29H,4-13H2,1-3H3,(H,26,27);14-18,23,25H,4-13H2,1-3H3/t14-,15+,16?,17?,18+,22-,23+,24-;14-,15+,16?,17?,18+,20-,21+,22-/m00/s1. The average Bonchev–Trinajstić information content (AvgIpc) is 3.59. The van der Waals surface area contributed by atoms with Gasteiger partial charge in [0.05, 0.1) is 11.2 Å². The lowest BCUT2D eigenvalue weighted by Crippen LogP contribution is -2.62. The Bertz CT molecular complexity index is 1530. The molecule has 8 aliphatic rings. The molecular formula is C46H72O9. The molecule has 4 N–H and O–H groups in total. The van der Waals surface area contributed by atoms with E-state index in [1.165, 1.54) is 44.9 Å². The van der Waals surface area contributed by atoms with Crippen LogP contribution >= 0.6 is 0 Å². The van der Waals surface area contributed by atoms with Gasteiger partial charge in [-0.15, -0.1) is 0 Å². The molecule has 16 atom stereocenters. The zero-order chi connectivity index (χ0) is 39.9. The molecule has 55 heavy (non-hydrogen) atoms. The Hall–Kier alpha value is -1.84. The molecule has 8 rings (SSSR count). The maximum absolute atomic E-state index is 12.9. The summed E-state index contributed by atoms with van der Waals surface area (Å²) in [5.41, 5.74) is -1.78. The molecule has 8 aliphatic carbocycles. The van der Waals surface area contributed by atoms with Gasteiger partial charge in [0.15, 0.2) is 18.2 Å². The molecule has 8 fully saturated rings. The highest BCUT2D eigenvalue weighted by Gasteiger charge is 2.69. The number of aliphatic carboxylic acids is 1. The minimum Gasteiger partial charge on any atom is -0.473 e. The molecule has 9 heteroatoms. The number of carbonyl (C=O) groups excluding carboxylic acids is 3. The van der Waals surface area contributed by atoms with Crippen LogP contribution in [0.25, 0.3) is 0 Å². The summed E-state index contributed by atoms with van der Waals surface area (Å²) >= 11 is 0. The van der Waals surface area contributed by atoms with Gasteiger partial charge < -0.3 is 25.2 Å². The zero-order valence-corrected chi connectivity index (χ0v) is 34.7. The maximum atomic E-state index is 12.9. The molecule has 0 aliphatic heterocycles. The average molecular weight is 769 g/mol. The van der Waals surface area contributed by atoms with Crippen LogP contribution in [0, 0.1) is 80.8 Å². The Morgan fingerprint density at radius 1 is 0.564 bits per heavy atom. The number of ketones is 2. The van der Waals surface area contributed by atoms with Crippen LogP contribution in [0.2, 0.25) is 0 Å². The zero-order valence-electron chi connectivity index (χ0n) is 34.7. The van der Waals surface area contributed by atoms with Gasteiger partial charge in [0.25, 0.3) is 0 Å². The molecule has 8 saturated carbocycles. The molecule has 0 saturated heterocycles. The van der Waals surface area contributed by atoms with Crippen molar-refractivity contribution in [2.45, 2.75) is 168 Å². The summed E-state index contributed by atoms with van der Waals surface area (Å²) in [5.74, 6) is 0.934. The molecule has 9 nitrogen and oxygen atoms in total. The minimum absolute atomic E-state index is 0.0525. The van der Waals surface area contributed by atoms with E-state index in [9.17, 15) is 34.5 Å². The summed E-state index contributed by atoms with van der Waals surface area (Å²) in [6.07, 6.45) is 19.0. The fraction of sp³-hybridized carbons (Fsp3) is 0.913. The highest BCUT2D eigenvalue weighted by atomic mass is 16.6. The van der Waals surface area contributed by atoms with Crippen LogP contribution in [0.5, 0.6) is 0 Å². The fourth-order valence-corrected chi connectivity index (χ4v) is 16.3. The second-order valence-corrected chi connectivity index (χ2v) is 21.7. The number of Topliss-reactive ketones (excluding diaryl/α,β-unsaturated/α-hetero) is 2. The van der Waals surface area contributed by atoms with Crippen LogP contribution in [-0.2, 0) is 23.9 Å². The molecule has 0 aromatic carbocycles. The molecule has 0 aromatic rings. The van der Waals surface area contributed by atoms with Gasteiger partial charge >= 0.3 is 11.9 Å². The first-order valence-electron chi connectivity index (χ1n) is 22.3. The number of carboxylic acids is 1. The van der Waals surface area contributed by atoms with Crippen molar-refractivity contribution in [3.8, 4) is 0 Å². The smallest absolute Gasteiger partial charge is 0.417 e. The van der Waals surface area contributed by atoms with E-state index in [0.717, 1.165) is 81.5 Å². The molecule has 0 heterocycles. The summed E-state index contributed by atoms with van der Waals surface area (Å²) in [5, 5.41) is 42.0. The predicted octanol–water partition coefficient (Wildman–Crippen LogP) is 7.55. The molecule has 0 amide bonds. The molecule has 0 radical (unpaired) electrons. The van der Waals surface area contributed by atoms with Crippen molar-refractivity contribution < 1.29 is 44.3 Å². The lowest BCUT2D eigenvalue weighted by atomic mass is 9.43. The number of aliphatic hydroxyl groups is 3. The van der Waals surface area contributed by atoms with Gasteiger partial charge in [0.2, 0.25) is 0 Å². The fourth-order valence-electron chi connectivity index (χ4n) is 16.3. The van der Waals surface area contributed by atoms with Gasteiger partial charge in [-0.1, -0.05) is 54.4 Å². The molecule has 0 spiro atoms. The second kappa shape index (κ2) is 14.5. The van der Waals surface area contributed by atoms with Crippen LogP contribution in [0.1, 0.15) is 157 Å². The molecular weight excluding hydrogens is 696 g/mol. The summed E-state index contributed by atoms with van der Waals surface area (Å²) < 4.78 is 4.67. The number of hydrogen-bond donors (Lipinski definition) is 4. The first kappa shape index (κ1) is 41.3. The van der Waals surface area contributed by atoms with Gasteiger partial charge in [-0.05, 0) is 161 Å². The first-order chi connectivity index (χ1) is 25.8. The van der Waals surface area contributed by atoms with Crippen LogP contribution in [-0.4, -0.2) is 68.3 Å². The van der Waals surface area contributed by atoms with E-state index in [1.807, 2.05) is 6.92 Å². The summed E-state index contributed by atoms with van der Waals surface area (Å²) in [6, 6.07) is 0. The van der Waals surface area contributed by atoms with E-state index in [0.29, 0.717) is 36.0 Å². The van der Waals surface area contributed by atoms with Crippen LogP contribution in [0.3, 0.4) is 0 Å². The van der Waals surface area contributed by atoms with Gasteiger partial charge in [-0.25, -0.2) is 9.59 Å². The van der Waals surface area contributed by atoms with Crippen LogP contribution < -0.4 is 0 Å². The largest absolute Gasteiger partial charge is 0.473 e. The Kier molecular flexibility index (Phi) is 10.9. The number of rotatable bonds is 5. The Labute approximate surface area is 329 Å². The number of aliphatic hydroxyl groups excluding tert-OH is 1. The Morgan fingerprint density at radius 3 is 1.42 bits per heavy atom. The predicted molar refractivity (Wildman–Crippen MR) is 207 cm³/mol. The highest BCUT2D eigenvalue weighted by Crippen LogP contribution is 2.71. The van der Waals surface area contributed by atoms with Crippen molar-refractivity contribution in [2.75, 3.05) is 13.2 Å². The van der Waals surface area contributed by atoms with Crippen LogP contribution in [0.15, 0.2) is 0 Å². The number of fused-ring (bicyclic) bond motifs is 10. The monoisotopic (exact) mass is 769 g/mol. The summed E-state index contributed by atoms with van der Waals surface area (Å²) in [6.45, 7) is 13.0. The van der Waals surface area contributed by atoms with Crippen molar-refractivity contribution in [1.29, 1.82) is 0 Å². The van der Waals surface area contributed by atoms with Crippen molar-refractivity contribution in [1.82, 2.24) is 0 Å². The highest BCUT2D eigenvalue weighted by molar-refractivity contribution is 6.28. The minimum atomic E-state index is -1.69. The number of carbonyl (C=O) groups is 4. The lowest BCUT2D eigenvalue weighted by molar-refractivity contribution is -0.208. The SMILES string of the molecule is C[C@H]1CC[C@]2(C)C3CC[C@]4(C)[C@@H](C(=O)CO)CC[C@]4(O)C3CC[C@@H]2C1.C[C@H]1CC[C@]2(C)C3CC[C@]4(C)[C@@H](C(=O)COC(=O)C(=O)O)CC[C@]4(O)C3CC[C@@H]2C1. The Balaban J connectivity index is 0.000000172. The van der Waals surface area contributed by atoms with E-state index in [2.05, 4.69) is 39.4 Å². The topological polar surface area (TPSA) is 158 Å². The number of ether oxygens (including phenoxy) is 1. The quantitative estimate of drug-likeness (QED) is 0.164. The van der Waals surface area contributed by atoms with Gasteiger partial charge in [-0.2, -0.15) is 0 Å². The van der Waals surface area contributed by atoms with Crippen molar-refractivity contribution >= 4 is 23.5 Å². The lowest BCUT2D eigenvalue weighted by Gasteiger charge is -2.63. The van der Waals surface area contributed by atoms with E-state index in [1.54, 1.807) is 0 Å². The molecule has 0 bridgehead atoms. The van der Waals surface area contributed by atoms with Crippen LogP contribution in [0.4, 0.5) is 0 Å². The number of carboxylic acid groups (broad SMARTS) is 1. The van der Waals surface area contributed by atoms with Gasteiger partial charge in [0.1, 0.15) is 6.61 Å². The maximum Gasteiger partial charge on any atom is 0.417 e. The molecule has 4 unspecified atom stereocenters. The van der Waals surface area contributed by atoms with Gasteiger partial charge in [-0.3, -0.25) is 9.59 Å². The number of hydrogen-bond acceptors (Lipinski definition) is 8. The van der Waals surface area contributed by atoms with E-state index >= 15 is 0 Å². The number of esters is 1. The second-order valence-electron chi connectivity index (χ2n) is 21.7. The normalized spacial score (nSPS) is 51.0. The van der Waals surface area contributed by atoms with Crippen molar-refractivity contribution in [3.05, 3.63) is 0 Å². The van der Waals surface area contributed by atoms with E-state index in [4.69, 9.17) is 5.11 Å². The summed E-state index contributed by atoms with van der Waals surface area (Å²) in [4.78, 5) is 47.1.